The van der Waals surface area contributed by atoms with Crippen LogP contribution >= 0.6 is 15.9 Å². The third-order valence-electron chi connectivity index (χ3n) is 19.1. The van der Waals surface area contributed by atoms with Gasteiger partial charge in [-0.1, -0.05) is 172 Å². The van der Waals surface area contributed by atoms with Crippen LogP contribution in [0.4, 0.5) is 17.5 Å². The summed E-state index contributed by atoms with van der Waals surface area (Å²) < 4.78 is 6.71. The van der Waals surface area contributed by atoms with E-state index in [9.17, 15) is 14.4 Å². The van der Waals surface area contributed by atoms with Gasteiger partial charge >= 0.3 is 7.12 Å². The minimum Gasteiger partial charge on any atom is -0.423 e. The number of nitrogens with zero attached hydrogens (tertiary/aromatic N) is 15. The van der Waals surface area contributed by atoms with Crippen LogP contribution in [0.25, 0.3) is 89.5 Å². The fourth-order valence-electron chi connectivity index (χ4n) is 12.4. The summed E-state index contributed by atoms with van der Waals surface area (Å²) >= 11 is 3.40. The zero-order valence-electron chi connectivity index (χ0n) is 67.0. The van der Waals surface area contributed by atoms with Gasteiger partial charge in [-0.05, 0) is 198 Å². The Labute approximate surface area is 677 Å². The van der Waals surface area contributed by atoms with E-state index in [4.69, 9.17) is 10.0 Å². The molecule has 0 bridgehead atoms. The first-order valence-corrected chi connectivity index (χ1v) is 38.7. The molecule has 582 valence electrons. The van der Waals surface area contributed by atoms with Crippen LogP contribution in [0.15, 0.2) is 242 Å². The maximum atomic E-state index is 13.0. The van der Waals surface area contributed by atoms with Crippen molar-refractivity contribution in [3.05, 3.63) is 276 Å². The van der Waals surface area contributed by atoms with Gasteiger partial charge in [0.25, 0.3) is 17.7 Å². The van der Waals surface area contributed by atoms with Crippen molar-refractivity contribution in [2.24, 2.45) is 0 Å². The molecular weight excluding hydrogens is 1500 g/mol. The number of carbonyl (C=O) groups is 3. The number of carbonyl (C=O) groups excluding carboxylic acids is 3. The largest absolute Gasteiger partial charge is 0.488 e. The number of hydrogen-bond acceptors (Lipinski definition) is 17. The number of amides is 3. The average molecular weight is 1600 g/mol. The van der Waals surface area contributed by atoms with Crippen molar-refractivity contribution >= 4 is 96.4 Å². The van der Waals surface area contributed by atoms with Crippen LogP contribution in [0.2, 0.25) is 0 Å². The molecule has 5 N–H and O–H groups in total. The molecule has 23 nitrogen and oxygen atoms in total. The van der Waals surface area contributed by atoms with Crippen LogP contribution in [0.5, 0.6) is 0 Å². The Morgan fingerprint density at radius 1 is 0.374 bits per heavy atom. The van der Waals surface area contributed by atoms with E-state index < -0.39 is 7.12 Å². The van der Waals surface area contributed by atoms with Gasteiger partial charge in [-0.15, -0.1) is 30.6 Å². The molecule has 0 aliphatic carbocycles. The van der Waals surface area contributed by atoms with Gasteiger partial charge < -0.3 is 39.7 Å². The number of fused-ring (bicyclic) bond motifs is 3. The molecule has 115 heavy (non-hydrogen) atoms. The summed E-state index contributed by atoms with van der Waals surface area (Å²) in [4.78, 5) is 66.0. The van der Waals surface area contributed by atoms with E-state index in [0.29, 0.717) is 74.2 Å². The maximum Gasteiger partial charge on any atom is 0.488 e. The lowest BCUT2D eigenvalue weighted by Gasteiger charge is -2.19. The zero-order valence-corrected chi connectivity index (χ0v) is 68.6. The van der Waals surface area contributed by atoms with Crippen molar-refractivity contribution in [2.45, 2.75) is 138 Å². The predicted octanol–water partition coefficient (Wildman–Crippen LogP) is 18.5. The molecule has 9 heterocycles. The van der Waals surface area contributed by atoms with Gasteiger partial charge in [0.1, 0.15) is 53.5 Å². The Morgan fingerprint density at radius 2 is 0.678 bits per heavy atom. The van der Waals surface area contributed by atoms with E-state index in [1.54, 1.807) is 79.8 Å². The molecule has 0 spiro atoms. The molecule has 0 unspecified atom stereocenters. The van der Waals surface area contributed by atoms with Crippen LogP contribution in [0, 0.1) is 0 Å². The summed E-state index contributed by atoms with van der Waals surface area (Å²) in [7, 11) is -1.37. The molecule has 0 aliphatic rings. The maximum absolute atomic E-state index is 13.0. The lowest BCUT2D eigenvalue weighted by atomic mass is 9.78. The second kappa shape index (κ2) is 35.1. The summed E-state index contributed by atoms with van der Waals surface area (Å²) in [6.07, 6.45) is 10.5. The van der Waals surface area contributed by atoms with Gasteiger partial charge in [0.15, 0.2) is 17.5 Å². The number of hydrogen-bond donors (Lipinski definition) is 5. The summed E-state index contributed by atoms with van der Waals surface area (Å²) in [6, 6.07) is 64.1. The first-order chi connectivity index (χ1) is 54.8. The van der Waals surface area contributed by atoms with E-state index >= 15 is 0 Å². The second-order valence-electron chi connectivity index (χ2n) is 31.8. The summed E-state index contributed by atoms with van der Waals surface area (Å²) in [5.74, 6) is 2.57. The fourth-order valence-corrected chi connectivity index (χ4v) is 12.8. The molecule has 0 aliphatic heterocycles. The third kappa shape index (κ3) is 20.4. The van der Waals surface area contributed by atoms with Crippen molar-refractivity contribution in [2.75, 3.05) is 16.0 Å². The molecule has 6 aromatic carbocycles. The first-order valence-electron chi connectivity index (χ1n) is 37.9. The number of pyridine rings is 6. The second-order valence-corrected chi connectivity index (χ2v) is 32.7. The van der Waals surface area contributed by atoms with E-state index in [1.165, 1.54) is 16.7 Å². The number of nitrogens with one attached hydrogen (secondary N) is 3. The molecular formula is C90H92BBrN18O5. The number of benzene rings is 6. The van der Waals surface area contributed by atoms with Gasteiger partial charge in [0.2, 0.25) is 0 Å². The lowest BCUT2D eigenvalue weighted by molar-refractivity contribution is 0.101. The zero-order chi connectivity index (χ0) is 82.0. The number of aromatic nitrogens is 15. The van der Waals surface area contributed by atoms with Crippen molar-refractivity contribution in [1.82, 2.24) is 74.2 Å². The molecule has 0 fully saturated rings. The Kier molecular flexibility index (Phi) is 25.0. The minimum atomic E-state index is -1.37. The molecule has 15 rings (SSSR count). The van der Waals surface area contributed by atoms with Gasteiger partial charge in [-0.25, -0.2) is 15.0 Å². The van der Waals surface area contributed by atoms with E-state index in [-0.39, 0.29) is 52.1 Å². The van der Waals surface area contributed by atoms with E-state index in [1.807, 2.05) is 125 Å². The molecule has 3 amide bonds. The van der Waals surface area contributed by atoms with Crippen molar-refractivity contribution in [3.63, 3.8) is 0 Å². The molecule has 0 saturated heterocycles. The summed E-state index contributed by atoms with van der Waals surface area (Å²) in [5, 5.41) is 53.8. The van der Waals surface area contributed by atoms with Gasteiger partial charge in [-0.2, -0.15) is 0 Å². The topological polar surface area (TPSA) is 297 Å². The molecule has 9 aromatic heterocycles. The highest BCUT2D eigenvalue weighted by Crippen LogP contribution is 2.32. The highest BCUT2D eigenvalue weighted by atomic mass is 79.9. The van der Waals surface area contributed by atoms with E-state index in [2.05, 4.69) is 243 Å². The van der Waals surface area contributed by atoms with Crippen molar-refractivity contribution in [3.8, 4) is 56.8 Å². The molecule has 0 saturated carbocycles. The molecule has 15 aromatic rings. The average Bonchev–Trinajstić information content (AvgIpc) is 1.43. The lowest BCUT2D eigenvalue weighted by Crippen LogP contribution is -2.29. The van der Waals surface area contributed by atoms with Crippen LogP contribution < -0.4 is 21.4 Å². The molecule has 0 atom stereocenters. The normalized spacial score (nSPS) is 11.6. The highest BCUT2D eigenvalue weighted by molar-refractivity contribution is 9.10. The quantitative estimate of drug-likeness (QED) is 0.0596. The highest BCUT2D eigenvalue weighted by Gasteiger charge is 2.22. The molecule has 0 radical (unpaired) electrons. The smallest absolute Gasteiger partial charge is 0.423 e. The van der Waals surface area contributed by atoms with Crippen LogP contribution in [0.1, 0.15) is 170 Å². The number of rotatable bonds is 15. The number of anilines is 3. The SMILES string of the molecule is CC(C)(C)c1ccc(B(O)O)cc1.CC(C)n1cnnc1-c1cccc(NC(=O)c2ccc3cc(-c4ccc(C(C)(C)C)cc4)cnc3c2)n1.CC(C)n1cnnc1-c1cccc(NC(=O)c2ccc3cc(-c4ccc(C(C)(C)C)cc4)cnc3c2)n1.CC(C)n1cnnc1-c1cccc(NC(=O)c2ccc3cc(Br)cnc3c2)n1. The predicted molar refractivity (Wildman–Crippen MR) is 461 cm³/mol. The summed E-state index contributed by atoms with van der Waals surface area (Å²) in [5.41, 5.74) is 14.7. The third-order valence-corrected chi connectivity index (χ3v) is 19.5. The van der Waals surface area contributed by atoms with Gasteiger partial charge in [-0.3, -0.25) is 29.3 Å². The Morgan fingerprint density at radius 3 is 0.983 bits per heavy atom. The number of halogens is 1. The van der Waals surface area contributed by atoms with Gasteiger partial charge in [0, 0.05) is 85.2 Å². The van der Waals surface area contributed by atoms with Crippen LogP contribution in [0.3, 0.4) is 0 Å². The van der Waals surface area contributed by atoms with Gasteiger partial charge in [0.05, 0.1) is 16.6 Å². The Bertz CT molecular complexity index is 5720. The van der Waals surface area contributed by atoms with E-state index in [0.717, 1.165) is 59.4 Å². The van der Waals surface area contributed by atoms with Crippen molar-refractivity contribution < 1.29 is 24.4 Å². The first kappa shape index (κ1) is 81.8. The van der Waals surface area contributed by atoms with Crippen molar-refractivity contribution in [1.29, 1.82) is 0 Å². The monoisotopic (exact) mass is 1590 g/mol. The summed E-state index contributed by atoms with van der Waals surface area (Å²) in [6.45, 7) is 31.9. The minimum absolute atomic E-state index is 0.110. The Balaban J connectivity index is 0.000000149. The standard InChI is InChI=1S/2C30H30N6O.C20H17BrN6O.C10H15BO2/c2*1-19(2)36-18-32-35-28(36)25-7-6-8-27(33-25)34-29(37)22-10-9-21-15-23(17-31-26(21)16-22)20-11-13-24(14-12-20)30(3,4)5;1-12(2)27-11-23-26-19(27)16-4-3-5-18(24-16)25-20(28)14-7-6-13-8-15(21)10-22-17(13)9-14;1-10(2,3)8-4-6-9(7-5-8)11(12)13/h2*6-19H,1-5H3,(H,33,34,37);3-12H,1-2H3,(H,24,25,28);4-7,12-13H,1-3H3. The molecule has 25 heteroatoms. The Hall–Kier alpha value is -12.7. The van der Waals surface area contributed by atoms with Crippen LogP contribution in [-0.2, 0) is 16.2 Å². The van der Waals surface area contributed by atoms with Crippen LogP contribution in [-0.4, -0.2) is 109 Å². The fraction of sp³-hybridized carbons (Fsp3) is 0.233.